The molecule has 376 valence electrons. The predicted molar refractivity (Wildman–Crippen MR) is 309 cm³/mol. The molecule has 0 amide bonds. The van der Waals surface area contributed by atoms with Crippen LogP contribution >= 0.6 is 45.3 Å². The zero-order chi connectivity index (χ0) is 49.0. The Bertz CT molecular complexity index is 2710. The fourth-order valence-electron chi connectivity index (χ4n) is 10.6. The van der Waals surface area contributed by atoms with Crippen molar-refractivity contribution in [2.75, 3.05) is 0 Å². The number of halogens is 2. The van der Waals surface area contributed by atoms with Crippen molar-refractivity contribution in [3.05, 3.63) is 93.2 Å². The molecular formula is C62H80F2N2S4. The number of hydrogen-bond donors (Lipinski definition) is 0. The third-order valence-electron chi connectivity index (χ3n) is 14.6. The molecule has 6 heterocycles. The van der Waals surface area contributed by atoms with E-state index in [0.29, 0.717) is 11.1 Å². The van der Waals surface area contributed by atoms with Crippen molar-refractivity contribution < 1.29 is 8.78 Å². The van der Waals surface area contributed by atoms with Crippen LogP contribution in [0.3, 0.4) is 0 Å². The summed E-state index contributed by atoms with van der Waals surface area (Å²) in [5.41, 5.74) is 8.27. The van der Waals surface area contributed by atoms with Crippen molar-refractivity contribution in [1.82, 2.24) is 9.13 Å². The normalized spacial score (nSPS) is 12.1. The Labute approximate surface area is 435 Å². The maximum atomic E-state index is 17.3. The lowest BCUT2D eigenvalue weighted by Gasteiger charge is -2.11. The van der Waals surface area contributed by atoms with Gasteiger partial charge in [-0.3, -0.25) is 0 Å². The van der Waals surface area contributed by atoms with Gasteiger partial charge in [-0.25, -0.2) is 8.78 Å². The molecule has 2 aromatic carbocycles. The minimum absolute atomic E-state index is 0.173. The second kappa shape index (κ2) is 25.9. The van der Waals surface area contributed by atoms with Gasteiger partial charge in [-0.15, -0.1) is 45.3 Å². The molecule has 0 fully saturated rings. The van der Waals surface area contributed by atoms with Gasteiger partial charge < -0.3 is 9.13 Å². The molecule has 0 aliphatic rings. The summed E-state index contributed by atoms with van der Waals surface area (Å²) in [4.78, 5) is 10.1. The topological polar surface area (TPSA) is 9.86 Å². The fourth-order valence-corrected chi connectivity index (χ4v) is 15.4. The van der Waals surface area contributed by atoms with E-state index in [1.807, 2.05) is 34.8 Å². The maximum Gasteiger partial charge on any atom is 0.132 e. The highest BCUT2D eigenvalue weighted by molar-refractivity contribution is 7.24. The molecule has 0 radical (unpaired) electrons. The lowest BCUT2D eigenvalue weighted by Crippen LogP contribution is -1.99. The summed E-state index contributed by atoms with van der Waals surface area (Å²) >= 11 is 7.38. The lowest BCUT2D eigenvalue weighted by atomic mass is 10.1. The Balaban J connectivity index is 1.25. The highest BCUT2D eigenvalue weighted by Crippen LogP contribution is 2.48. The monoisotopic (exact) mass is 1020 g/mol. The Morgan fingerprint density at radius 3 is 1.14 bits per heavy atom. The van der Waals surface area contributed by atoms with Crippen LogP contribution in [0.1, 0.15) is 191 Å². The van der Waals surface area contributed by atoms with Crippen molar-refractivity contribution in [2.24, 2.45) is 0 Å². The SMILES string of the molecule is CCCCCCc1ccc(-c2sc(-c3cc4c(cc3F)c3c(c5cc(F)c(-c6cc(CCCC)c(-c7ccc(CCCCCC)s7)s6)cc5n3CCCCCC)n4CCCCCC)cc2CCCC)s1. The Hall–Kier alpha value is -3.56. The standard InChI is InChI=1S/C62H80F2N2S4/c1-7-13-19-23-29-45-31-33-55(67-45)61-43(27-17-11-5)37-57(69-61)47-41-53-49(39-51(47)63)59-60(65(53)35-25-21-15-9-3)50-40-52(64)48(42-54(50)66(59)36-26-22-16-10-4)58-38-44(28-18-12-6)62(70-58)56-34-32-46(68-56)30-24-20-14-8-2/h31-34,37-42H,7-30,35-36H2,1-6H3. The van der Waals surface area contributed by atoms with E-state index in [-0.39, 0.29) is 11.6 Å². The first kappa shape index (κ1) is 52.8. The Kier molecular flexibility index (Phi) is 19.5. The Morgan fingerprint density at radius 1 is 0.371 bits per heavy atom. The van der Waals surface area contributed by atoms with Gasteiger partial charge in [0.2, 0.25) is 0 Å². The van der Waals surface area contributed by atoms with Crippen molar-refractivity contribution in [3.63, 3.8) is 0 Å². The average molecular weight is 1020 g/mol. The molecule has 0 aliphatic heterocycles. The molecule has 0 N–H and O–H groups in total. The minimum atomic E-state index is -0.173. The number of nitrogens with zero attached hydrogens (tertiary/aromatic N) is 2. The van der Waals surface area contributed by atoms with E-state index >= 15 is 8.78 Å². The second-order valence-corrected chi connectivity index (χ2v) is 24.6. The van der Waals surface area contributed by atoms with Crippen molar-refractivity contribution >= 4 is 78.2 Å². The summed E-state index contributed by atoms with van der Waals surface area (Å²) in [6, 6.07) is 21.8. The van der Waals surface area contributed by atoms with Crippen molar-refractivity contribution in [2.45, 2.75) is 209 Å². The molecule has 0 unspecified atom stereocenters. The molecule has 0 spiro atoms. The first-order valence-corrected chi connectivity index (χ1v) is 31.0. The summed E-state index contributed by atoms with van der Waals surface area (Å²) in [5, 5.41) is 1.88. The third kappa shape index (κ3) is 12.1. The molecule has 70 heavy (non-hydrogen) atoms. The minimum Gasteiger partial charge on any atom is -0.339 e. The van der Waals surface area contributed by atoms with Crippen LogP contribution in [0.25, 0.3) is 73.2 Å². The van der Waals surface area contributed by atoms with Gasteiger partial charge in [-0.1, -0.05) is 131 Å². The van der Waals surface area contributed by atoms with Crippen LogP contribution in [0.4, 0.5) is 8.78 Å². The van der Waals surface area contributed by atoms with Gasteiger partial charge in [-0.2, -0.15) is 0 Å². The van der Waals surface area contributed by atoms with E-state index in [1.54, 1.807) is 22.7 Å². The molecule has 0 saturated heterocycles. The smallest absolute Gasteiger partial charge is 0.132 e. The summed E-state index contributed by atoms with van der Waals surface area (Å²) < 4.78 is 39.5. The highest BCUT2D eigenvalue weighted by Gasteiger charge is 2.26. The number of benzene rings is 2. The van der Waals surface area contributed by atoms with E-state index in [1.165, 1.54) is 105 Å². The molecule has 2 nitrogen and oxygen atoms in total. The highest BCUT2D eigenvalue weighted by atomic mass is 32.1. The van der Waals surface area contributed by atoms with Crippen molar-refractivity contribution in [1.29, 1.82) is 0 Å². The van der Waals surface area contributed by atoms with Gasteiger partial charge in [0.15, 0.2) is 0 Å². The van der Waals surface area contributed by atoms with E-state index in [4.69, 9.17) is 0 Å². The van der Waals surface area contributed by atoms with E-state index in [2.05, 4.69) is 99.2 Å². The number of thiophene rings is 4. The van der Waals surface area contributed by atoms with Crippen LogP contribution in [0.2, 0.25) is 0 Å². The molecular weight excluding hydrogens is 939 g/mol. The van der Waals surface area contributed by atoms with E-state index in [0.717, 1.165) is 146 Å². The van der Waals surface area contributed by atoms with Crippen LogP contribution in [0.15, 0.2) is 60.7 Å². The van der Waals surface area contributed by atoms with Gasteiger partial charge >= 0.3 is 0 Å². The number of rotatable bonds is 30. The predicted octanol–water partition coefficient (Wildman–Crippen LogP) is 22.0. The van der Waals surface area contributed by atoms with Crippen LogP contribution in [0, 0.1) is 11.6 Å². The first-order valence-electron chi connectivity index (χ1n) is 27.7. The van der Waals surface area contributed by atoms with E-state index in [9.17, 15) is 0 Å². The van der Waals surface area contributed by atoms with Gasteiger partial charge in [-0.05, 0) is 136 Å². The van der Waals surface area contributed by atoms with Gasteiger partial charge in [0, 0.05) is 74.0 Å². The molecule has 0 bridgehead atoms. The van der Waals surface area contributed by atoms with Crippen LogP contribution in [-0.4, -0.2) is 9.13 Å². The molecule has 8 heteroatoms. The van der Waals surface area contributed by atoms with Gasteiger partial charge in [0.05, 0.1) is 22.1 Å². The quantitative estimate of drug-likeness (QED) is 0.0397. The third-order valence-corrected chi connectivity index (χ3v) is 19.6. The van der Waals surface area contributed by atoms with Gasteiger partial charge in [0.25, 0.3) is 0 Å². The molecule has 8 rings (SSSR count). The molecule has 0 atom stereocenters. The summed E-state index contributed by atoms with van der Waals surface area (Å²) in [5.74, 6) is -0.346. The van der Waals surface area contributed by atoms with Gasteiger partial charge in [0.1, 0.15) is 11.6 Å². The average Bonchev–Trinajstić information content (AvgIpc) is 4.24. The summed E-state index contributed by atoms with van der Waals surface area (Å²) in [6.45, 7) is 15.2. The number of hydrogen-bond acceptors (Lipinski definition) is 4. The molecule has 0 aliphatic carbocycles. The van der Waals surface area contributed by atoms with Crippen LogP contribution in [-0.2, 0) is 38.8 Å². The van der Waals surface area contributed by atoms with E-state index < -0.39 is 0 Å². The fraction of sp³-hybridized carbons (Fsp3) is 0.516. The molecule has 8 aromatic rings. The van der Waals surface area contributed by atoms with Crippen molar-refractivity contribution in [3.8, 4) is 40.4 Å². The Morgan fingerprint density at radius 2 is 0.757 bits per heavy atom. The van der Waals surface area contributed by atoms with Crippen LogP contribution < -0.4 is 0 Å². The lowest BCUT2D eigenvalue weighted by molar-refractivity contribution is 0.600. The largest absolute Gasteiger partial charge is 0.339 e. The summed E-state index contributed by atoms with van der Waals surface area (Å²) in [7, 11) is 0. The zero-order valence-corrected chi connectivity index (χ0v) is 46.7. The number of unbranched alkanes of at least 4 members (excludes halogenated alkanes) is 14. The van der Waals surface area contributed by atoms with Crippen LogP contribution in [0.5, 0.6) is 0 Å². The summed E-state index contributed by atoms with van der Waals surface area (Å²) in [6.07, 6.45) is 27.8. The molecule has 0 saturated carbocycles. The molecule has 6 aromatic heterocycles. The number of aryl methyl sites for hydroxylation is 6. The number of aromatic nitrogens is 2. The second-order valence-electron chi connectivity index (χ2n) is 20.1. The maximum absolute atomic E-state index is 17.3. The number of fused-ring (bicyclic) bond motifs is 5. The zero-order valence-electron chi connectivity index (χ0n) is 43.4. The first-order chi connectivity index (χ1) is 34.3.